The maximum absolute atomic E-state index is 11.9. The predicted molar refractivity (Wildman–Crippen MR) is 72.4 cm³/mol. The molecular weight excluding hydrogens is 302 g/mol. The highest BCUT2D eigenvalue weighted by molar-refractivity contribution is 9.11. The van der Waals surface area contributed by atoms with Gasteiger partial charge in [0.15, 0.2) is 0 Å². The maximum atomic E-state index is 11.9. The molecule has 0 spiro atoms. The molecule has 0 unspecified atom stereocenters. The fourth-order valence-corrected chi connectivity index (χ4v) is 3.40. The summed E-state index contributed by atoms with van der Waals surface area (Å²) in [7, 11) is 0. The van der Waals surface area contributed by atoms with Crippen LogP contribution in [0, 0.1) is 0 Å². The molecule has 17 heavy (non-hydrogen) atoms. The van der Waals surface area contributed by atoms with Crippen molar-refractivity contribution in [2.45, 2.75) is 19.3 Å². The van der Waals surface area contributed by atoms with Gasteiger partial charge in [0.2, 0.25) is 5.91 Å². The summed E-state index contributed by atoms with van der Waals surface area (Å²) in [5.74, 6) is 0.268. The first-order valence-corrected chi connectivity index (χ1v) is 7.46. The third-order valence-electron chi connectivity index (χ3n) is 2.81. The second-order valence-electron chi connectivity index (χ2n) is 4.05. The summed E-state index contributed by atoms with van der Waals surface area (Å²) in [5, 5.41) is 0. The molecule has 3 nitrogen and oxygen atoms in total. The number of thiophene rings is 1. The number of amides is 1. The normalized spacial score (nSPS) is 16.2. The highest BCUT2D eigenvalue weighted by atomic mass is 79.9. The number of ether oxygens (including phenoxy) is 1. The van der Waals surface area contributed by atoms with E-state index >= 15 is 0 Å². The topological polar surface area (TPSA) is 29.5 Å². The Morgan fingerprint density at radius 2 is 2.18 bits per heavy atom. The molecule has 1 aliphatic rings. The van der Waals surface area contributed by atoms with Gasteiger partial charge < -0.3 is 9.64 Å². The van der Waals surface area contributed by atoms with E-state index in [1.807, 2.05) is 4.90 Å². The Kier molecular flexibility index (Phi) is 5.00. The van der Waals surface area contributed by atoms with Crippen molar-refractivity contribution in [1.29, 1.82) is 0 Å². The highest BCUT2D eigenvalue weighted by Gasteiger charge is 2.16. The molecule has 1 saturated heterocycles. The lowest BCUT2D eigenvalue weighted by Crippen LogP contribution is -2.40. The number of carbonyl (C=O) groups excluding carboxylic acids is 1. The van der Waals surface area contributed by atoms with Crippen molar-refractivity contribution >= 4 is 33.2 Å². The Bertz CT molecular complexity index is 374. The van der Waals surface area contributed by atoms with Gasteiger partial charge >= 0.3 is 0 Å². The van der Waals surface area contributed by atoms with Crippen molar-refractivity contribution in [1.82, 2.24) is 4.90 Å². The minimum atomic E-state index is 0.268. The van der Waals surface area contributed by atoms with Gasteiger partial charge in [0.25, 0.3) is 0 Å². The zero-order valence-corrected chi connectivity index (χ0v) is 12.1. The zero-order valence-electron chi connectivity index (χ0n) is 9.65. The Balaban J connectivity index is 1.69. The molecule has 1 amide bonds. The van der Waals surface area contributed by atoms with Crippen molar-refractivity contribution in [2.24, 2.45) is 0 Å². The first-order chi connectivity index (χ1) is 8.25. The van der Waals surface area contributed by atoms with Crippen LogP contribution in [0.25, 0.3) is 0 Å². The lowest BCUT2D eigenvalue weighted by molar-refractivity contribution is -0.135. The van der Waals surface area contributed by atoms with Crippen LogP contribution in [0.3, 0.4) is 0 Å². The Hall–Kier alpha value is -0.390. The van der Waals surface area contributed by atoms with Crippen molar-refractivity contribution in [3.63, 3.8) is 0 Å². The number of hydrogen-bond acceptors (Lipinski definition) is 3. The molecule has 1 aromatic rings. The molecule has 5 heteroatoms. The standard InChI is InChI=1S/C12H16BrNO2S/c13-11-5-4-10(17-11)2-1-3-12(15)14-6-8-16-9-7-14/h4-5H,1-3,6-9H2. The van der Waals surface area contributed by atoms with Crippen LogP contribution in [-0.4, -0.2) is 37.1 Å². The van der Waals surface area contributed by atoms with Crippen molar-refractivity contribution in [2.75, 3.05) is 26.3 Å². The third-order valence-corrected chi connectivity index (χ3v) is 4.49. The Morgan fingerprint density at radius 1 is 1.41 bits per heavy atom. The maximum Gasteiger partial charge on any atom is 0.222 e. The van der Waals surface area contributed by atoms with Gasteiger partial charge in [-0.05, 0) is 40.9 Å². The van der Waals surface area contributed by atoms with Crippen LogP contribution < -0.4 is 0 Å². The van der Waals surface area contributed by atoms with Crippen molar-refractivity contribution in [3.8, 4) is 0 Å². The third kappa shape index (κ3) is 4.08. The van der Waals surface area contributed by atoms with E-state index in [0.717, 1.165) is 29.7 Å². The fourth-order valence-electron chi connectivity index (χ4n) is 1.87. The average molecular weight is 318 g/mol. The summed E-state index contributed by atoms with van der Waals surface area (Å²) >= 11 is 5.19. The van der Waals surface area contributed by atoms with Gasteiger partial charge in [-0.15, -0.1) is 11.3 Å². The summed E-state index contributed by atoms with van der Waals surface area (Å²) in [6.45, 7) is 2.87. The van der Waals surface area contributed by atoms with Crippen LogP contribution in [0.4, 0.5) is 0 Å². The molecular formula is C12H16BrNO2S. The zero-order chi connectivity index (χ0) is 12.1. The van der Waals surface area contributed by atoms with E-state index in [0.29, 0.717) is 19.6 Å². The van der Waals surface area contributed by atoms with Gasteiger partial charge in [0.05, 0.1) is 17.0 Å². The number of halogens is 1. The highest BCUT2D eigenvalue weighted by Crippen LogP contribution is 2.23. The molecule has 0 aliphatic carbocycles. The van der Waals surface area contributed by atoms with Crippen molar-refractivity contribution < 1.29 is 9.53 Å². The Labute approximate surface area is 114 Å². The molecule has 0 saturated carbocycles. The van der Waals surface area contributed by atoms with Gasteiger partial charge in [0, 0.05) is 24.4 Å². The van der Waals surface area contributed by atoms with E-state index in [1.54, 1.807) is 11.3 Å². The van der Waals surface area contributed by atoms with E-state index in [2.05, 4.69) is 28.1 Å². The molecule has 1 fully saturated rings. The van der Waals surface area contributed by atoms with E-state index < -0.39 is 0 Å². The SMILES string of the molecule is O=C(CCCc1ccc(Br)s1)N1CCOCC1. The second-order valence-corrected chi connectivity index (χ2v) is 6.60. The summed E-state index contributed by atoms with van der Waals surface area (Å²) < 4.78 is 6.39. The molecule has 0 aromatic carbocycles. The van der Waals surface area contributed by atoms with Gasteiger partial charge in [0.1, 0.15) is 0 Å². The summed E-state index contributed by atoms with van der Waals surface area (Å²) in [6.07, 6.45) is 2.57. The molecule has 2 rings (SSSR count). The van der Waals surface area contributed by atoms with Crippen LogP contribution in [0.1, 0.15) is 17.7 Å². The van der Waals surface area contributed by atoms with Crippen LogP contribution in [0.5, 0.6) is 0 Å². The van der Waals surface area contributed by atoms with Crippen LogP contribution in [-0.2, 0) is 16.0 Å². The Morgan fingerprint density at radius 3 is 2.82 bits per heavy atom. The molecule has 0 atom stereocenters. The molecule has 0 N–H and O–H groups in total. The van der Waals surface area contributed by atoms with Gasteiger partial charge in [-0.1, -0.05) is 0 Å². The molecule has 1 aromatic heterocycles. The number of nitrogens with zero attached hydrogens (tertiary/aromatic N) is 1. The van der Waals surface area contributed by atoms with Crippen molar-refractivity contribution in [3.05, 3.63) is 20.8 Å². The molecule has 94 valence electrons. The van der Waals surface area contributed by atoms with E-state index in [1.165, 1.54) is 4.88 Å². The number of carbonyl (C=O) groups is 1. The van der Waals surface area contributed by atoms with Gasteiger partial charge in [-0.3, -0.25) is 4.79 Å². The number of rotatable bonds is 4. The summed E-state index contributed by atoms with van der Waals surface area (Å²) in [5.41, 5.74) is 0. The molecule has 1 aliphatic heterocycles. The van der Waals surface area contributed by atoms with E-state index in [-0.39, 0.29) is 5.91 Å². The first-order valence-electron chi connectivity index (χ1n) is 5.85. The summed E-state index contributed by atoms with van der Waals surface area (Å²) in [6, 6.07) is 4.18. The van der Waals surface area contributed by atoms with Gasteiger partial charge in [-0.25, -0.2) is 0 Å². The first kappa shape index (κ1) is 13.1. The minimum Gasteiger partial charge on any atom is -0.378 e. The fraction of sp³-hybridized carbons (Fsp3) is 0.583. The van der Waals surface area contributed by atoms with E-state index in [4.69, 9.17) is 4.74 Å². The monoisotopic (exact) mass is 317 g/mol. The largest absolute Gasteiger partial charge is 0.378 e. The average Bonchev–Trinajstić information content (AvgIpc) is 2.76. The number of morpholine rings is 1. The second kappa shape index (κ2) is 6.52. The van der Waals surface area contributed by atoms with E-state index in [9.17, 15) is 4.79 Å². The minimum absolute atomic E-state index is 0.268. The lowest BCUT2D eigenvalue weighted by atomic mass is 10.2. The molecule has 2 heterocycles. The van der Waals surface area contributed by atoms with Crippen LogP contribution >= 0.6 is 27.3 Å². The number of hydrogen-bond donors (Lipinski definition) is 0. The summed E-state index contributed by atoms with van der Waals surface area (Å²) in [4.78, 5) is 15.1. The molecule has 0 bridgehead atoms. The molecule has 0 radical (unpaired) electrons. The smallest absolute Gasteiger partial charge is 0.222 e. The van der Waals surface area contributed by atoms with Gasteiger partial charge in [-0.2, -0.15) is 0 Å². The number of aryl methyl sites for hydroxylation is 1. The predicted octanol–water partition coefficient (Wildman–Crippen LogP) is 2.69. The van der Waals surface area contributed by atoms with Crippen LogP contribution in [0.15, 0.2) is 15.9 Å². The lowest BCUT2D eigenvalue weighted by Gasteiger charge is -2.26. The quantitative estimate of drug-likeness (QED) is 0.854. The van der Waals surface area contributed by atoms with Crippen LogP contribution in [0.2, 0.25) is 0 Å².